The number of hydrogen-bond acceptors (Lipinski definition) is 5. The lowest BCUT2D eigenvalue weighted by Crippen LogP contribution is -2.30. The molecular weight excluding hydrogens is 354 g/mol. The van der Waals surface area contributed by atoms with Gasteiger partial charge in [-0.15, -0.1) is 23.5 Å². The summed E-state index contributed by atoms with van der Waals surface area (Å²) in [7, 11) is 0. The lowest BCUT2D eigenvalue weighted by atomic mass is 10.2. The van der Waals surface area contributed by atoms with E-state index in [9.17, 15) is 4.79 Å². The zero-order valence-corrected chi connectivity index (χ0v) is 15.7. The number of nitrogens with one attached hydrogen (secondary N) is 1. The van der Waals surface area contributed by atoms with Gasteiger partial charge >= 0.3 is 0 Å². The molecular formula is C18H23N3O2S2. The molecule has 1 N–H and O–H groups in total. The van der Waals surface area contributed by atoms with Crippen LogP contribution >= 0.6 is 23.5 Å². The first-order valence-electron chi connectivity index (χ1n) is 8.51. The Morgan fingerprint density at radius 3 is 2.80 bits per heavy atom. The van der Waals surface area contributed by atoms with E-state index < -0.39 is 0 Å². The Bertz CT molecular complexity index is 641. The predicted molar refractivity (Wildman–Crippen MR) is 104 cm³/mol. The number of aryl methyl sites for hydroxylation is 1. The second-order valence-corrected chi connectivity index (χ2v) is 8.48. The number of carbonyl (C=O) groups excluding carboxylic acids is 1. The Labute approximate surface area is 156 Å². The third-order valence-electron chi connectivity index (χ3n) is 3.79. The minimum Gasteiger partial charge on any atom is -0.484 e. The molecule has 1 aliphatic rings. The van der Waals surface area contributed by atoms with Crippen molar-refractivity contribution in [3.05, 3.63) is 48.3 Å². The van der Waals surface area contributed by atoms with Crippen LogP contribution in [0.3, 0.4) is 0 Å². The molecule has 1 fully saturated rings. The molecule has 7 heteroatoms. The van der Waals surface area contributed by atoms with Gasteiger partial charge in [0, 0.05) is 25.5 Å². The summed E-state index contributed by atoms with van der Waals surface area (Å²) in [6.45, 7) is 1.47. The van der Waals surface area contributed by atoms with Crippen LogP contribution in [0, 0.1) is 0 Å². The predicted octanol–water partition coefficient (Wildman–Crippen LogP) is 3.34. The maximum Gasteiger partial charge on any atom is 0.257 e. The molecule has 2 aromatic rings. The Balaban J connectivity index is 1.34. The molecule has 3 rings (SSSR count). The number of hydrogen-bond donors (Lipinski definition) is 1. The van der Waals surface area contributed by atoms with Crippen molar-refractivity contribution in [2.45, 2.75) is 24.0 Å². The fourth-order valence-corrected chi connectivity index (χ4v) is 5.40. The third-order valence-corrected chi connectivity index (χ3v) is 6.81. The quantitative estimate of drug-likeness (QED) is 0.715. The van der Waals surface area contributed by atoms with Crippen molar-refractivity contribution < 1.29 is 9.53 Å². The Hall–Kier alpha value is -1.60. The van der Waals surface area contributed by atoms with Crippen molar-refractivity contribution in [2.24, 2.45) is 0 Å². The smallest absolute Gasteiger partial charge is 0.257 e. The van der Waals surface area contributed by atoms with E-state index in [0.717, 1.165) is 18.7 Å². The summed E-state index contributed by atoms with van der Waals surface area (Å²) in [5, 5.41) is 6.99. The van der Waals surface area contributed by atoms with Gasteiger partial charge in [0.1, 0.15) is 5.75 Å². The summed E-state index contributed by atoms with van der Waals surface area (Å²) in [6.07, 6.45) is 5.81. The summed E-state index contributed by atoms with van der Waals surface area (Å²) in [4.78, 5) is 11.8. The van der Waals surface area contributed by atoms with E-state index >= 15 is 0 Å². The molecule has 1 aromatic heterocycles. The fourth-order valence-electron chi connectivity index (χ4n) is 2.50. The molecule has 1 aliphatic heterocycles. The van der Waals surface area contributed by atoms with Gasteiger partial charge in [0.2, 0.25) is 0 Å². The van der Waals surface area contributed by atoms with Crippen LogP contribution in [0.5, 0.6) is 5.75 Å². The van der Waals surface area contributed by atoms with Crippen molar-refractivity contribution in [1.82, 2.24) is 15.1 Å². The highest BCUT2D eigenvalue weighted by atomic mass is 32.2. The maximum absolute atomic E-state index is 11.8. The van der Waals surface area contributed by atoms with Crippen LogP contribution in [0.4, 0.5) is 0 Å². The lowest BCUT2D eigenvalue weighted by molar-refractivity contribution is -0.123. The Morgan fingerprint density at radius 2 is 2.08 bits per heavy atom. The van der Waals surface area contributed by atoms with E-state index in [0.29, 0.717) is 11.1 Å². The van der Waals surface area contributed by atoms with Crippen molar-refractivity contribution in [2.75, 3.05) is 24.7 Å². The number of rotatable bonds is 8. The van der Waals surface area contributed by atoms with E-state index in [1.165, 1.54) is 23.5 Å². The summed E-state index contributed by atoms with van der Waals surface area (Å²) in [5.41, 5.74) is 1.32. The second-order valence-electron chi connectivity index (χ2n) is 5.76. The first kappa shape index (κ1) is 18.2. The molecule has 0 radical (unpaired) electrons. The van der Waals surface area contributed by atoms with Gasteiger partial charge in [0.25, 0.3) is 5.91 Å². The molecule has 0 saturated carbocycles. The number of aromatic nitrogens is 2. The number of amides is 1. The monoisotopic (exact) mass is 377 g/mol. The van der Waals surface area contributed by atoms with Gasteiger partial charge in [-0.05, 0) is 48.1 Å². The highest BCUT2D eigenvalue weighted by molar-refractivity contribution is 8.16. The van der Waals surface area contributed by atoms with E-state index in [4.69, 9.17) is 4.74 Å². The molecule has 0 aliphatic carbocycles. The Kier molecular flexibility index (Phi) is 7.11. The standard InChI is InChI=1S/C18H23N3O2S2/c22-17(19-8-1-10-21-11-2-9-20-21)14-23-16-6-4-15(5-7-16)18-24-12-3-13-25-18/h2,4-7,9,11,18H,1,3,8,10,12-14H2,(H,19,22). The molecule has 1 aromatic carbocycles. The van der Waals surface area contributed by atoms with Crippen molar-refractivity contribution in [3.8, 4) is 5.75 Å². The highest BCUT2D eigenvalue weighted by Gasteiger charge is 2.16. The average molecular weight is 378 g/mol. The van der Waals surface area contributed by atoms with Gasteiger partial charge in [0.15, 0.2) is 6.61 Å². The maximum atomic E-state index is 11.8. The zero-order valence-electron chi connectivity index (χ0n) is 14.1. The van der Waals surface area contributed by atoms with Crippen molar-refractivity contribution in [1.29, 1.82) is 0 Å². The third kappa shape index (κ3) is 6.01. The van der Waals surface area contributed by atoms with Crippen LogP contribution in [-0.2, 0) is 11.3 Å². The number of nitrogens with zero attached hydrogens (tertiary/aromatic N) is 2. The summed E-state index contributed by atoms with van der Waals surface area (Å²) < 4.78 is 7.95. The minimum atomic E-state index is -0.0945. The highest BCUT2D eigenvalue weighted by Crippen LogP contribution is 2.43. The fraction of sp³-hybridized carbons (Fsp3) is 0.444. The normalized spacial score (nSPS) is 15.0. The summed E-state index contributed by atoms with van der Waals surface area (Å²) in [5.74, 6) is 3.11. The molecule has 0 bridgehead atoms. The lowest BCUT2D eigenvalue weighted by Gasteiger charge is -2.21. The second kappa shape index (κ2) is 9.77. The van der Waals surface area contributed by atoms with Gasteiger partial charge in [0.05, 0.1) is 4.58 Å². The van der Waals surface area contributed by atoms with Gasteiger partial charge < -0.3 is 10.1 Å². The number of ether oxygens (including phenoxy) is 1. The molecule has 2 heterocycles. The zero-order chi connectivity index (χ0) is 17.3. The van der Waals surface area contributed by atoms with Crippen LogP contribution < -0.4 is 10.1 Å². The average Bonchev–Trinajstić information content (AvgIpc) is 3.18. The molecule has 1 amide bonds. The van der Waals surface area contributed by atoms with Gasteiger partial charge in [-0.2, -0.15) is 5.10 Å². The number of benzene rings is 1. The molecule has 0 unspecified atom stereocenters. The molecule has 0 spiro atoms. The molecule has 5 nitrogen and oxygen atoms in total. The van der Waals surface area contributed by atoms with Gasteiger partial charge in [-0.25, -0.2) is 0 Å². The van der Waals surface area contributed by atoms with Crippen LogP contribution in [0.15, 0.2) is 42.7 Å². The topological polar surface area (TPSA) is 56.1 Å². The van der Waals surface area contributed by atoms with Crippen molar-refractivity contribution >= 4 is 29.4 Å². The van der Waals surface area contributed by atoms with Crippen LogP contribution in [0.1, 0.15) is 23.0 Å². The number of carbonyl (C=O) groups is 1. The van der Waals surface area contributed by atoms with Gasteiger partial charge in [-0.1, -0.05) is 12.1 Å². The first-order chi connectivity index (χ1) is 12.3. The summed E-state index contributed by atoms with van der Waals surface area (Å²) in [6, 6.07) is 10.0. The van der Waals surface area contributed by atoms with Crippen LogP contribution in [0.25, 0.3) is 0 Å². The van der Waals surface area contributed by atoms with E-state index in [1.54, 1.807) is 6.20 Å². The molecule has 134 valence electrons. The molecule has 1 saturated heterocycles. The largest absolute Gasteiger partial charge is 0.484 e. The van der Waals surface area contributed by atoms with Crippen LogP contribution in [0.2, 0.25) is 0 Å². The SMILES string of the molecule is O=C(COc1ccc(C2SCCCS2)cc1)NCCCn1cccn1. The summed E-state index contributed by atoms with van der Waals surface area (Å²) >= 11 is 4.00. The van der Waals surface area contributed by atoms with E-state index in [2.05, 4.69) is 22.5 Å². The van der Waals surface area contributed by atoms with E-state index in [1.807, 2.05) is 52.6 Å². The van der Waals surface area contributed by atoms with Crippen molar-refractivity contribution in [3.63, 3.8) is 0 Å². The Morgan fingerprint density at radius 1 is 1.28 bits per heavy atom. The molecule has 25 heavy (non-hydrogen) atoms. The first-order valence-corrected chi connectivity index (χ1v) is 10.6. The minimum absolute atomic E-state index is 0.0496. The van der Waals surface area contributed by atoms with E-state index in [-0.39, 0.29) is 12.5 Å². The van der Waals surface area contributed by atoms with Crippen LogP contribution in [-0.4, -0.2) is 40.3 Å². The van der Waals surface area contributed by atoms with Gasteiger partial charge in [-0.3, -0.25) is 9.48 Å². The number of thioether (sulfide) groups is 2. The molecule has 0 atom stereocenters.